The second-order valence-corrected chi connectivity index (χ2v) is 35.6. The summed E-state index contributed by atoms with van der Waals surface area (Å²) in [6, 6.07) is 8.43. The second-order valence-electron chi connectivity index (χ2n) is 31.7. The predicted octanol–water partition coefficient (Wildman–Crippen LogP) is 7.06. The Morgan fingerprint density at radius 2 is 1.01 bits per heavy atom. The highest BCUT2D eigenvalue weighted by atomic mass is 32.2. The van der Waals surface area contributed by atoms with Crippen molar-refractivity contribution in [3.63, 3.8) is 0 Å². The quantitative estimate of drug-likeness (QED) is 0.0424. The lowest BCUT2D eigenvalue weighted by Gasteiger charge is -2.36. The first-order valence-electron chi connectivity index (χ1n) is 34.4. The highest BCUT2D eigenvalue weighted by molar-refractivity contribution is 7.91. The van der Waals surface area contributed by atoms with Crippen LogP contribution in [0.3, 0.4) is 0 Å². The first-order valence-corrected chi connectivity index (χ1v) is 37.5. The van der Waals surface area contributed by atoms with Gasteiger partial charge in [-0.15, -0.1) is 13.2 Å². The van der Waals surface area contributed by atoms with E-state index in [-0.39, 0.29) is 38.8 Å². The average Bonchev–Trinajstić information content (AvgIpc) is 1.57. The van der Waals surface area contributed by atoms with E-state index in [2.05, 4.69) is 53.8 Å². The average molecular weight is 1450 g/mol. The SMILES string of the molecule is C=C[C@@H]1C[C@]1(NC(=O)[C@@H]1C[C@@H](Oc2nccc3c2ccc2occc23)CN1C(=O)[C@@H](NC(=O)OC(C)(C)C)C(C)(C)C)C(=O)NS(=O)(=O)C1CC1.C=C[C@@H]1C[C@]1(NC(=O)[C@@H]1C[C@@H](Oc2nccc3c4c(ccc23)OCC4)CN1C(=O)[C@@H](NC(=O)OC(C)(C)C)C(C)(C)C)C(=O)NS(=O)(=O)C1CC1. The van der Waals surface area contributed by atoms with Gasteiger partial charge >= 0.3 is 12.2 Å². The molecule has 2 aromatic carbocycles. The Kier molecular flexibility index (Phi) is 19.8. The minimum Gasteiger partial charge on any atom is -0.493 e. The van der Waals surface area contributed by atoms with Gasteiger partial charge in [0, 0.05) is 65.2 Å². The topological polar surface area (TPSA) is 369 Å². The molecule has 6 heterocycles. The molecule has 0 radical (unpaired) electrons. The molecule has 4 aliphatic carbocycles. The van der Waals surface area contributed by atoms with Crippen LogP contribution in [-0.2, 0) is 64.7 Å². The summed E-state index contributed by atoms with van der Waals surface area (Å²) >= 11 is 0. The largest absolute Gasteiger partial charge is 0.493 e. The van der Waals surface area contributed by atoms with Crippen LogP contribution in [0.4, 0.5) is 9.59 Å². The molecule has 4 saturated carbocycles. The fourth-order valence-corrected chi connectivity index (χ4v) is 16.1. The van der Waals surface area contributed by atoms with Crippen LogP contribution in [0.15, 0.2) is 90.8 Å². The van der Waals surface area contributed by atoms with E-state index in [1.54, 1.807) is 102 Å². The number of carbonyl (C=O) groups excluding carboxylic acids is 8. The maximum Gasteiger partial charge on any atom is 0.408 e. The zero-order valence-corrected chi connectivity index (χ0v) is 61.2. The molecular weight excluding hydrogens is 1360 g/mol. The van der Waals surface area contributed by atoms with E-state index < -0.39 is 159 Å². The van der Waals surface area contributed by atoms with Crippen LogP contribution < -0.4 is 44.9 Å². The Labute approximate surface area is 593 Å². The van der Waals surface area contributed by atoms with Crippen molar-refractivity contribution in [2.24, 2.45) is 22.7 Å². The van der Waals surface area contributed by atoms with E-state index in [0.717, 1.165) is 39.3 Å². The number of hydrogen-bond acceptors (Lipinski definition) is 20. The number of nitrogens with one attached hydrogen (secondary N) is 6. The molecule has 6 N–H and O–H groups in total. The van der Waals surface area contributed by atoms with Gasteiger partial charge in [-0.2, -0.15) is 0 Å². The molecule has 8 amide bonds. The molecule has 28 nitrogen and oxygen atoms in total. The van der Waals surface area contributed by atoms with E-state index in [1.807, 2.05) is 42.5 Å². The van der Waals surface area contributed by atoms with Crippen molar-refractivity contribution in [3.8, 4) is 17.5 Å². The van der Waals surface area contributed by atoms with Crippen molar-refractivity contribution < 1.29 is 83.3 Å². The molecule has 102 heavy (non-hydrogen) atoms. The van der Waals surface area contributed by atoms with Crippen molar-refractivity contribution in [1.82, 2.24) is 50.5 Å². The third-order valence-corrected chi connectivity index (χ3v) is 22.9. The van der Waals surface area contributed by atoms with Crippen molar-refractivity contribution >= 4 is 100 Å². The molecule has 550 valence electrons. The van der Waals surface area contributed by atoms with E-state index >= 15 is 0 Å². The van der Waals surface area contributed by atoms with Gasteiger partial charge in [-0.3, -0.25) is 38.2 Å². The molecule has 7 aliphatic rings. The minimum atomic E-state index is -3.90. The summed E-state index contributed by atoms with van der Waals surface area (Å²) in [5, 5.41) is 13.8. The summed E-state index contributed by atoms with van der Waals surface area (Å²) in [6.45, 7) is 29.0. The Hall–Kier alpha value is -9.06. The minimum absolute atomic E-state index is 0.0176. The van der Waals surface area contributed by atoms with Crippen molar-refractivity contribution in [1.29, 1.82) is 0 Å². The molecule has 0 spiro atoms. The molecule has 3 aromatic heterocycles. The zero-order valence-electron chi connectivity index (χ0n) is 59.6. The lowest BCUT2D eigenvalue weighted by atomic mass is 9.85. The van der Waals surface area contributed by atoms with Crippen LogP contribution >= 0.6 is 0 Å². The molecule has 2 saturated heterocycles. The highest BCUT2D eigenvalue weighted by Gasteiger charge is 2.64. The lowest BCUT2D eigenvalue weighted by molar-refractivity contribution is -0.143. The van der Waals surface area contributed by atoms with E-state index in [0.29, 0.717) is 55.0 Å². The van der Waals surface area contributed by atoms with E-state index in [4.69, 9.17) is 28.1 Å². The number of fused-ring (bicyclic) bond motifs is 6. The van der Waals surface area contributed by atoms with Gasteiger partial charge in [0.05, 0.1) is 36.5 Å². The Bertz CT molecular complexity index is 4450. The van der Waals surface area contributed by atoms with Crippen LogP contribution in [0.1, 0.15) is 140 Å². The van der Waals surface area contributed by atoms with Crippen LogP contribution in [-0.4, -0.2) is 173 Å². The number of carbonyl (C=O) groups is 8. The smallest absolute Gasteiger partial charge is 0.408 e. The van der Waals surface area contributed by atoms with Crippen molar-refractivity contribution in [2.45, 2.75) is 210 Å². The Morgan fingerprint density at radius 1 is 0.578 bits per heavy atom. The van der Waals surface area contributed by atoms with Gasteiger partial charge in [-0.05, 0) is 144 Å². The lowest BCUT2D eigenvalue weighted by Crippen LogP contribution is -2.60. The normalized spacial score (nSPS) is 24.5. The summed E-state index contributed by atoms with van der Waals surface area (Å²) in [4.78, 5) is 122. The number of likely N-dealkylation sites (tertiary alicyclic amines) is 2. The van der Waals surface area contributed by atoms with E-state index in [1.165, 1.54) is 22.0 Å². The van der Waals surface area contributed by atoms with Gasteiger partial charge in [-0.25, -0.2) is 36.4 Å². The number of alkyl carbamates (subject to hydrolysis) is 2. The molecule has 12 rings (SSSR count). The van der Waals surface area contributed by atoms with Gasteiger partial charge in [0.25, 0.3) is 11.8 Å². The first kappa shape index (κ1) is 74.1. The van der Waals surface area contributed by atoms with Crippen LogP contribution in [0, 0.1) is 22.7 Å². The van der Waals surface area contributed by atoms with Crippen molar-refractivity contribution in [3.05, 3.63) is 92.0 Å². The summed E-state index contributed by atoms with van der Waals surface area (Å²) in [7, 11) is -7.79. The van der Waals surface area contributed by atoms with Crippen molar-refractivity contribution in [2.75, 3.05) is 19.7 Å². The van der Waals surface area contributed by atoms with Crippen LogP contribution in [0.5, 0.6) is 17.5 Å². The number of amides is 8. The number of pyridine rings is 2. The second kappa shape index (κ2) is 27.3. The maximum absolute atomic E-state index is 14.5. The summed E-state index contributed by atoms with van der Waals surface area (Å²) in [5.74, 6) is -3.74. The predicted molar refractivity (Wildman–Crippen MR) is 375 cm³/mol. The summed E-state index contributed by atoms with van der Waals surface area (Å²) in [5.41, 5.74) is -4.63. The summed E-state index contributed by atoms with van der Waals surface area (Å²) < 4.78 is 90.1. The van der Waals surface area contributed by atoms with Gasteiger partial charge < -0.3 is 59.2 Å². The summed E-state index contributed by atoms with van der Waals surface area (Å²) in [6.07, 6.45) is 7.73. The maximum atomic E-state index is 14.5. The number of furan rings is 1. The molecule has 30 heteroatoms. The number of benzene rings is 2. The number of ether oxygens (including phenoxy) is 5. The zero-order chi connectivity index (χ0) is 74.2. The molecule has 10 atom stereocenters. The van der Waals surface area contributed by atoms with Crippen LogP contribution in [0.25, 0.3) is 32.5 Å². The fraction of sp³-hybridized carbons (Fsp3) is 0.556. The Morgan fingerprint density at radius 3 is 1.42 bits per heavy atom. The molecular formula is C72H92N10O18S2. The van der Waals surface area contributed by atoms with Gasteiger partial charge in [0.2, 0.25) is 55.4 Å². The molecule has 5 aromatic rings. The third-order valence-electron chi connectivity index (χ3n) is 19.2. The first-order chi connectivity index (χ1) is 47.7. The third kappa shape index (κ3) is 15.9. The number of nitrogens with zero attached hydrogens (tertiary/aromatic N) is 4. The molecule has 0 bridgehead atoms. The molecule has 3 aliphatic heterocycles. The van der Waals surface area contributed by atoms with Gasteiger partial charge in [0.1, 0.15) is 70.0 Å². The van der Waals surface area contributed by atoms with Gasteiger partial charge in [0.15, 0.2) is 0 Å². The molecule has 0 unspecified atom stereocenters. The fourth-order valence-electron chi connectivity index (χ4n) is 13.4. The number of aromatic nitrogens is 2. The number of sulfonamides is 2. The van der Waals surface area contributed by atoms with Crippen LogP contribution in [0.2, 0.25) is 0 Å². The Balaban J connectivity index is 0.000000205. The monoisotopic (exact) mass is 1450 g/mol. The number of hydrogen-bond donors (Lipinski definition) is 6. The highest BCUT2D eigenvalue weighted by Crippen LogP contribution is 2.48. The standard InChI is InChI=1S/C36H47N5O9S.C36H45N5O9S/c2*1-8-20-18-36(20,32(44)40-51(46,47)22-9-10-22)39-29(42)26-17-21(49-30-25-11-12-27-24(14-16-48-27)23(25)13-15-37-30)19-41(26)31(43)28(34(2,3)4)38-33(45)50-35(5,6)7/h8,11-13,15,20-22,26,28H,1,9-10,14,16-19H2,2-7H3,(H,38,45)(H,39,42)(H,40,44);8,11-16,20-22,26,28H,1,9-10,17-19H2,2-7H3,(H,38,45)(H,39,42)(H,40,44)/t2*20-,21-,26+,28-,36-/m11/s1. The number of rotatable bonds is 20. The van der Waals surface area contributed by atoms with Gasteiger partial charge in [-0.1, -0.05) is 53.7 Å². The molecule has 6 fully saturated rings. The van der Waals surface area contributed by atoms with E-state index in [9.17, 15) is 55.2 Å².